The molecule has 0 aliphatic rings. The minimum atomic E-state index is -0.618. The molecule has 0 saturated heterocycles. The van der Waals surface area contributed by atoms with Gasteiger partial charge in [0.2, 0.25) is 0 Å². The molecule has 2 aromatic carbocycles. The maximum absolute atomic E-state index is 11.7. The summed E-state index contributed by atoms with van der Waals surface area (Å²) < 4.78 is 16.7. The number of nitrogens with one attached hydrogen (secondary N) is 4. The number of nitrogens with zero attached hydrogens (tertiary/aromatic N) is 2. The summed E-state index contributed by atoms with van der Waals surface area (Å²) in [7, 11) is 3.07. The van der Waals surface area contributed by atoms with Crippen LogP contribution in [0, 0.1) is 5.41 Å². The Morgan fingerprint density at radius 1 is 1.08 bits per heavy atom. The first-order chi connectivity index (χ1) is 18.4. The van der Waals surface area contributed by atoms with Crippen LogP contribution in [0.15, 0.2) is 65.9 Å². The van der Waals surface area contributed by atoms with Crippen molar-refractivity contribution in [3.63, 3.8) is 0 Å². The number of carbonyl (C=O) groups is 1. The smallest absolute Gasteiger partial charge is 0.257 e. The van der Waals surface area contributed by atoms with Gasteiger partial charge in [-0.05, 0) is 61.0 Å². The molecular formula is C26H32N8O4. The summed E-state index contributed by atoms with van der Waals surface area (Å²) >= 11 is 0. The zero-order valence-corrected chi connectivity index (χ0v) is 21.4. The third-order valence-corrected chi connectivity index (χ3v) is 5.32. The first kappa shape index (κ1) is 27.6. The van der Waals surface area contributed by atoms with Gasteiger partial charge in [-0.25, -0.2) is 4.98 Å². The molecule has 1 atom stereocenters. The van der Waals surface area contributed by atoms with Crippen LogP contribution in [0.25, 0.3) is 0 Å². The van der Waals surface area contributed by atoms with E-state index in [2.05, 4.69) is 26.1 Å². The van der Waals surface area contributed by atoms with E-state index in [-0.39, 0.29) is 24.2 Å². The lowest BCUT2D eigenvalue weighted by atomic mass is 10.0. The second-order valence-electron chi connectivity index (χ2n) is 7.87. The Balaban J connectivity index is 1.97. The summed E-state index contributed by atoms with van der Waals surface area (Å²) in [5, 5.41) is 17.8. The van der Waals surface area contributed by atoms with Gasteiger partial charge >= 0.3 is 0 Å². The van der Waals surface area contributed by atoms with Crippen molar-refractivity contribution in [2.75, 3.05) is 38.1 Å². The van der Waals surface area contributed by atoms with Crippen molar-refractivity contribution in [3.05, 3.63) is 71.9 Å². The molecule has 12 heteroatoms. The first-order valence-electron chi connectivity index (χ1n) is 11.7. The van der Waals surface area contributed by atoms with Crippen LogP contribution in [0.4, 0.5) is 11.5 Å². The van der Waals surface area contributed by atoms with Gasteiger partial charge in [0.25, 0.3) is 5.91 Å². The van der Waals surface area contributed by atoms with E-state index >= 15 is 0 Å². The number of pyridine rings is 1. The minimum absolute atomic E-state index is 0.0311. The summed E-state index contributed by atoms with van der Waals surface area (Å²) in [6.45, 7) is 2.08. The molecule has 3 rings (SSSR count). The lowest BCUT2D eigenvalue weighted by molar-refractivity contribution is -0.122. The fraction of sp³-hybridized carbons (Fsp3) is 0.231. The highest BCUT2D eigenvalue weighted by Gasteiger charge is 2.20. The van der Waals surface area contributed by atoms with E-state index in [1.54, 1.807) is 60.8 Å². The third kappa shape index (κ3) is 7.26. The SMILES string of the molecule is CCOc1cc(C(Nc2ccc(C(=N)N)cc2)/C(N)=N/Nc2ncccc2OC)ccc1OCC(=O)NC. The number of aromatic nitrogens is 1. The number of amidine groups is 2. The van der Waals surface area contributed by atoms with Crippen molar-refractivity contribution in [3.8, 4) is 17.2 Å². The van der Waals surface area contributed by atoms with Crippen LogP contribution >= 0.6 is 0 Å². The van der Waals surface area contributed by atoms with E-state index in [9.17, 15) is 4.79 Å². The number of ether oxygens (including phenoxy) is 3. The highest BCUT2D eigenvalue weighted by molar-refractivity contribution is 5.95. The van der Waals surface area contributed by atoms with Crippen molar-refractivity contribution >= 4 is 29.1 Å². The predicted molar refractivity (Wildman–Crippen MR) is 147 cm³/mol. The Morgan fingerprint density at radius 2 is 1.84 bits per heavy atom. The molecule has 0 bridgehead atoms. The van der Waals surface area contributed by atoms with Gasteiger partial charge in [-0.1, -0.05) is 6.07 Å². The summed E-state index contributed by atoms with van der Waals surface area (Å²) in [6.07, 6.45) is 1.61. The zero-order chi connectivity index (χ0) is 27.5. The number of rotatable bonds is 13. The molecule has 8 N–H and O–H groups in total. The standard InChI is InChI=1S/C26H32N8O4/c1-4-37-21-14-17(9-12-19(21)38-15-22(35)30-2)23(32-18-10-7-16(8-11-18)24(27)28)25(29)33-34-26-20(36-3)6-5-13-31-26/h5-14,23,32H,4,15H2,1-3H3,(H3,27,28)(H2,29,33)(H,30,35)(H,31,34). The van der Waals surface area contributed by atoms with E-state index in [1.807, 2.05) is 6.92 Å². The van der Waals surface area contributed by atoms with Gasteiger partial charge < -0.3 is 36.3 Å². The number of carbonyl (C=O) groups excluding carboxylic acids is 1. The number of hydrazone groups is 1. The largest absolute Gasteiger partial charge is 0.493 e. The number of likely N-dealkylation sites (N-methyl/N-ethyl adjacent to an activating group) is 1. The van der Waals surface area contributed by atoms with Crippen molar-refractivity contribution < 1.29 is 19.0 Å². The molecule has 12 nitrogen and oxygen atoms in total. The molecule has 0 spiro atoms. The van der Waals surface area contributed by atoms with Gasteiger partial charge in [-0.2, -0.15) is 5.10 Å². The molecule has 0 aliphatic carbocycles. The zero-order valence-electron chi connectivity index (χ0n) is 21.4. The fourth-order valence-electron chi connectivity index (χ4n) is 3.37. The van der Waals surface area contributed by atoms with E-state index in [0.717, 1.165) is 0 Å². The molecule has 1 amide bonds. The lowest BCUT2D eigenvalue weighted by Crippen LogP contribution is -2.29. The second-order valence-corrected chi connectivity index (χ2v) is 7.87. The van der Waals surface area contributed by atoms with E-state index in [0.29, 0.717) is 46.5 Å². The van der Waals surface area contributed by atoms with Gasteiger partial charge in [0, 0.05) is 24.5 Å². The normalized spacial score (nSPS) is 11.7. The maximum Gasteiger partial charge on any atom is 0.257 e. The fourth-order valence-corrected chi connectivity index (χ4v) is 3.37. The van der Waals surface area contributed by atoms with Gasteiger partial charge in [0.05, 0.1) is 13.7 Å². The molecule has 1 heterocycles. The number of methoxy groups -OCH3 is 1. The number of benzene rings is 2. The Kier molecular flexibility index (Phi) is 9.69. The van der Waals surface area contributed by atoms with Crippen LogP contribution in [0.2, 0.25) is 0 Å². The van der Waals surface area contributed by atoms with Crippen molar-refractivity contribution in [2.45, 2.75) is 13.0 Å². The van der Waals surface area contributed by atoms with E-state index < -0.39 is 6.04 Å². The average Bonchev–Trinajstić information content (AvgIpc) is 2.94. The minimum Gasteiger partial charge on any atom is -0.493 e. The van der Waals surface area contributed by atoms with Gasteiger partial charge in [0.1, 0.15) is 17.7 Å². The van der Waals surface area contributed by atoms with Crippen molar-refractivity contribution in [1.82, 2.24) is 10.3 Å². The summed E-state index contributed by atoms with van der Waals surface area (Å²) in [5.41, 5.74) is 16.9. The van der Waals surface area contributed by atoms with Crippen molar-refractivity contribution in [1.29, 1.82) is 5.41 Å². The molecule has 0 saturated carbocycles. The lowest BCUT2D eigenvalue weighted by Gasteiger charge is -2.22. The highest BCUT2D eigenvalue weighted by Crippen LogP contribution is 2.32. The Morgan fingerprint density at radius 3 is 2.50 bits per heavy atom. The molecular weight excluding hydrogens is 488 g/mol. The van der Waals surface area contributed by atoms with Crippen LogP contribution in [-0.2, 0) is 4.79 Å². The average molecular weight is 521 g/mol. The number of nitrogen functional groups attached to an aromatic ring is 1. The molecule has 1 aromatic heterocycles. The third-order valence-electron chi connectivity index (χ3n) is 5.32. The Hall–Kier alpha value is -5.00. The number of hydrogen-bond acceptors (Lipinski definition) is 9. The molecule has 0 aliphatic heterocycles. The van der Waals surface area contributed by atoms with Crippen molar-refractivity contribution in [2.24, 2.45) is 16.6 Å². The van der Waals surface area contributed by atoms with Crippen LogP contribution < -0.4 is 41.7 Å². The number of hydrogen-bond donors (Lipinski definition) is 6. The first-order valence-corrected chi connectivity index (χ1v) is 11.7. The quantitative estimate of drug-likeness (QED) is 0.112. The van der Waals surface area contributed by atoms with E-state index in [4.69, 9.17) is 31.1 Å². The molecule has 0 radical (unpaired) electrons. The summed E-state index contributed by atoms with van der Waals surface area (Å²) in [4.78, 5) is 15.9. The molecule has 1 unspecified atom stereocenters. The van der Waals surface area contributed by atoms with Gasteiger partial charge in [-0.3, -0.25) is 15.6 Å². The van der Waals surface area contributed by atoms with Gasteiger partial charge in [0.15, 0.2) is 29.7 Å². The molecule has 38 heavy (non-hydrogen) atoms. The predicted octanol–water partition coefficient (Wildman–Crippen LogP) is 2.44. The summed E-state index contributed by atoms with van der Waals surface area (Å²) in [5.74, 6) is 1.65. The number of nitrogens with two attached hydrogens (primary N) is 2. The molecule has 3 aromatic rings. The topological polar surface area (TPSA) is 182 Å². The number of anilines is 2. The van der Waals surface area contributed by atoms with Crippen LogP contribution in [0.5, 0.6) is 17.2 Å². The van der Waals surface area contributed by atoms with Crippen LogP contribution in [0.3, 0.4) is 0 Å². The molecule has 200 valence electrons. The monoisotopic (exact) mass is 520 g/mol. The maximum atomic E-state index is 11.7. The van der Waals surface area contributed by atoms with Crippen LogP contribution in [-0.4, -0.2) is 49.9 Å². The molecule has 0 fully saturated rings. The second kappa shape index (κ2) is 13.3. The van der Waals surface area contributed by atoms with E-state index in [1.165, 1.54) is 14.2 Å². The number of amides is 1. The summed E-state index contributed by atoms with van der Waals surface area (Å²) in [6, 6.07) is 15.2. The Bertz CT molecular complexity index is 1280. The Labute approximate surface area is 220 Å². The highest BCUT2D eigenvalue weighted by atomic mass is 16.5. The van der Waals surface area contributed by atoms with Crippen LogP contribution in [0.1, 0.15) is 24.1 Å². The van der Waals surface area contributed by atoms with Gasteiger partial charge in [-0.15, -0.1) is 0 Å².